The molecule has 3 nitrogen and oxygen atoms in total. The lowest BCUT2D eigenvalue weighted by Crippen LogP contribution is -2.33. The molecule has 0 amide bonds. The number of fused-ring (bicyclic) bond motifs is 6. The minimum Gasteiger partial charge on any atom is -0.456 e. The number of nitrogens with zero attached hydrogens (tertiary/aromatic N) is 2. The van der Waals surface area contributed by atoms with Gasteiger partial charge in [0.2, 0.25) is 0 Å². The average molecular weight is 340 g/mol. The van der Waals surface area contributed by atoms with Crippen molar-refractivity contribution in [2.75, 3.05) is 23.5 Å². The number of rotatable bonds is 0. The Morgan fingerprint density at radius 1 is 0.885 bits per heavy atom. The van der Waals surface area contributed by atoms with Gasteiger partial charge in [0.25, 0.3) is 0 Å². The summed E-state index contributed by atoms with van der Waals surface area (Å²) in [6.45, 7) is 5.52. The maximum Gasteiger partial charge on any atom is 0.141 e. The van der Waals surface area contributed by atoms with Crippen LogP contribution in [0.2, 0.25) is 0 Å². The van der Waals surface area contributed by atoms with Crippen LogP contribution in [0, 0.1) is 0 Å². The summed E-state index contributed by atoms with van der Waals surface area (Å²) < 4.78 is 6.40. The molecule has 26 heavy (non-hydrogen) atoms. The fourth-order valence-electron chi connectivity index (χ4n) is 4.93. The number of anilines is 3. The van der Waals surface area contributed by atoms with E-state index in [1.54, 1.807) is 0 Å². The van der Waals surface area contributed by atoms with Crippen LogP contribution in [0.15, 0.2) is 59.0 Å². The maximum atomic E-state index is 6.40. The zero-order chi connectivity index (χ0) is 17.6. The Morgan fingerprint density at radius 3 is 2.62 bits per heavy atom. The van der Waals surface area contributed by atoms with Crippen molar-refractivity contribution in [3.8, 4) is 0 Å². The molecule has 0 N–H and O–H groups in total. The summed E-state index contributed by atoms with van der Waals surface area (Å²) in [5, 5.41) is 2.40. The van der Waals surface area contributed by atoms with Crippen molar-refractivity contribution in [3.63, 3.8) is 0 Å². The van der Waals surface area contributed by atoms with Gasteiger partial charge in [0, 0.05) is 28.8 Å². The van der Waals surface area contributed by atoms with Crippen LogP contribution in [0.1, 0.15) is 25.0 Å². The summed E-state index contributed by atoms with van der Waals surface area (Å²) in [7, 11) is 2.17. The van der Waals surface area contributed by atoms with E-state index in [-0.39, 0.29) is 5.41 Å². The predicted molar refractivity (Wildman–Crippen MR) is 108 cm³/mol. The molecule has 0 spiro atoms. The minimum atomic E-state index is -0.115. The van der Waals surface area contributed by atoms with E-state index in [4.69, 9.17) is 4.42 Å². The van der Waals surface area contributed by atoms with Crippen molar-refractivity contribution >= 4 is 39.0 Å². The lowest BCUT2D eigenvalue weighted by molar-refractivity contribution is 0.600. The van der Waals surface area contributed by atoms with Crippen LogP contribution in [0.25, 0.3) is 21.9 Å². The molecule has 0 atom stereocenters. The molecule has 2 aliphatic heterocycles. The molecule has 2 aliphatic rings. The Kier molecular flexibility index (Phi) is 2.42. The van der Waals surface area contributed by atoms with Gasteiger partial charge in [-0.2, -0.15) is 0 Å². The van der Waals surface area contributed by atoms with Gasteiger partial charge in [-0.1, -0.05) is 44.2 Å². The van der Waals surface area contributed by atoms with Crippen LogP contribution in [-0.4, -0.2) is 13.7 Å². The van der Waals surface area contributed by atoms with E-state index in [1.807, 2.05) is 6.07 Å². The quantitative estimate of drug-likeness (QED) is 0.405. The van der Waals surface area contributed by atoms with Crippen LogP contribution in [0.4, 0.5) is 17.1 Å². The minimum absolute atomic E-state index is 0.115. The topological polar surface area (TPSA) is 19.6 Å². The van der Waals surface area contributed by atoms with Crippen molar-refractivity contribution in [2.24, 2.45) is 0 Å². The van der Waals surface area contributed by atoms with Crippen molar-refractivity contribution in [1.82, 2.24) is 0 Å². The van der Waals surface area contributed by atoms with Gasteiger partial charge in [-0.3, -0.25) is 0 Å². The van der Waals surface area contributed by atoms with Crippen molar-refractivity contribution in [1.29, 1.82) is 0 Å². The molecular weight excluding hydrogens is 320 g/mol. The predicted octanol–water partition coefficient (Wildman–Crippen LogP) is 5.77. The smallest absolute Gasteiger partial charge is 0.141 e. The largest absolute Gasteiger partial charge is 0.456 e. The van der Waals surface area contributed by atoms with Gasteiger partial charge in [0.05, 0.1) is 23.7 Å². The summed E-state index contributed by atoms with van der Waals surface area (Å²) in [5.41, 5.74) is 8.48. The molecule has 4 aromatic rings. The van der Waals surface area contributed by atoms with E-state index in [0.29, 0.717) is 0 Å². The lowest BCUT2D eigenvalue weighted by Gasteiger charge is -2.39. The molecular formula is C23H20N2O. The molecule has 0 saturated heterocycles. The third-order valence-corrected chi connectivity index (χ3v) is 6.16. The van der Waals surface area contributed by atoms with Gasteiger partial charge in [0.15, 0.2) is 0 Å². The van der Waals surface area contributed by atoms with Gasteiger partial charge < -0.3 is 14.2 Å². The van der Waals surface area contributed by atoms with Gasteiger partial charge in [-0.05, 0) is 29.8 Å². The Balaban J connectivity index is 1.77. The molecule has 0 aliphatic carbocycles. The molecule has 3 heteroatoms. The normalized spacial score (nSPS) is 17.0. The highest BCUT2D eigenvalue weighted by atomic mass is 16.3. The van der Waals surface area contributed by atoms with Crippen molar-refractivity contribution in [3.05, 3.63) is 65.7 Å². The molecule has 0 unspecified atom stereocenters. The van der Waals surface area contributed by atoms with Crippen LogP contribution in [0.5, 0.6) is 0 Å². The number of para-hydroxylation sites is 2. The standard InChI is InChI=1S/C23H20N2O/c1-23(2)16-8-6-9-18-21(16)25(13-24(18)3)17-12-11-15-14-7-4-5-10-19(14)26-22(15)20(17)23/h4-12H,13H2,1-3H3. The fraction of sp³-hybridized carbons (Fsp3) is 0.217. The third-order valence-electron chi connectivity index (χ3n) is 6.16. The van der Waals surface area contributed by atoms with E-state index in [2.05, 4.69) is 79.2 Å². The van der Waals surface area contributed by atoms with Gasteiger partial charge in [-0.25, -0.2) is 0 Å². The van der Waals surface area contributed by atoms with Crippen LogP contribution in [0.3, 0.4) is 0 Å². The first-order valence-corrected chi connectivity index (χ1v) is 9.14. The second-order valence-electron chi connectivity index (χ2n) is 8.00. The lowest BCUT2D eigenvalue weighted by atomic mass is 9.73. The monoisotopic (exact) mass is 340 g/mol. The average Bonchev–Trinajstić information content (AvgIpc) is 3.18. The van der Waals surface area contributed by atoms with Crippen LogP contribution in [-0.2, 0) is 5.41 Å². The first kappa shape index (κ1) is 14.3. The number of hydrogen-bond acceptors (Lipinski definition) is 3. The second-order valence-corrected chi connectivity index (χ2v) is 8.00. The number of furan rings is 1. The molecule has 128 valence electrons. The number of hydrogen-bond donors (Lipinski definition) is 0. The fourth-order valence-corrected chi connectivity index (χ4v) is 4.93. The molecule has 0 fully saturated rings. The highest BCUT2D eigenvalue weighted by Crippen LogP contribution is 2.56. The van der Waals surface area contributed by atoms with Gasteiger partial charge in [0.1, 0.15) is 11.2 Å². The summed E-state index contributed by atoms with van der Waals surface area (Å²) in [6, 6.07) is 19.5. The van der Waals surface area contributed by atoms with E-state index in [0.717, 1.165) is 17.8 Å². The SMILES string of the molecule is CN1CN2c3ccc4c(oc5ccccc54)c3C(C)(C)c3cccc1c32. The van der Waals surface area contributed by atoms with Crippen LogP contribution < -0.4 is 9.80 Å². The first-order valence-electron chi connectivity index (χ1n) is 9.14. The zero-order valence-electron chi connectivity index (χ0n) is 15.2. The second kappa shape index (κ2) is 4.42. The van der Waals surface area contributed by atoms with Crippen molar-refractivity contribution < 1.29 is 4.42 Å². The third kappa shape index (κ3) is 1.50. The Labute approximate surface area is 152 Å². The molecule has 3 aromatic carbocycles. The zero-order valence-corrected chi connectivity index (χ0v) is 15.2. The Morgan fingerprint density at radius 2 is 1.73 bits per heavy atom. The summed E-state index contributed by atoms with van der Waals surface area (Å²) >= 11 is 0. The van der Waals surface area contributed by atoms with Crippen molar-refractivity contribution in [2.45, 2.75) is 19.3 Å². The molecule has 3 heterocycles. The molecule has 0 radical (unpaired) electrons. The summed E-state index contributed by atoms with van der Waals surface area (Å²) in [6.07, 6.45) is 0. The summed E-state index contributed by atoms with van der Waals surface area (Å²) in [4.78, 5) is 4.77. The maximum absolute atomic E-state index is 6.40. The number of benzene rings is 3. The molecule has 0 bridgehead atoms. The highest BCUT2D eigenvalue weighted by molar-refractivity contribution is 6.09. The van der Waals surface area contributed by atoms with Crippen LogP contribution >= 0.6 is 0 Å². The van der Waals surface area contributed by atoms with Gasteiger partial charge >= 0.3 is 0 Å². The Bertz CT molecular complexity index is 1220. The van der Waals surface area contributed by atoms with E-state index >= 15 is 0 Å². The van der Waals surface area contributed by atoms with E-state index in [1.165, 1.54) is 39.0 Å². The Hall–Kier alpha value is -2.94. The summed E-state index contributed by atoms with van der Waals surface area (Å²) in [5.74, 6) is 0. The molecule has 6 rings (SSSR count). The molecule has 1 aromatic heterocycles. The highest BCUT2D eigenvalue weighted by Gasteiger charge is 2.43. The molecule has 0 saturated carbocycles. The van der Waals surface area contributed by atoms with Gasteiger partial charge in [-0.15, -0.1) is 0 Å². The van der Waals surface area contributed by atoms with E-state index in [9.17, 15) is 0 Å². The first-order chi connectivity index (χ1) is 12.6. The van der Waals surface area contributed by atoms with E-state index < -0.39 is 0 Å².